The molecule has 1 aromatic heterocycles. The Bertz CT molecular complexity index is 768. The predicted octanol–water partition coefficient (Wildman–Crippen LogP) is 3.34. The Labute approximate surface area is 135 Å². The maximum absolute atomic E-state index is 9.46. The van der Waals surface area contributed by atoms with Crippen LogP contribution >= 0.6 is 0 Å². The molecule has 5 nitrogen and oxygen atoms in total. The van der Waals surface area contributed by atoms with Crippen LogP contribution in [0.3, 0.4) is 0 Å². The topological polar surface area (TPSA) is 75.4 Å². The molecule has 2 aromatic rings. The Hall–Kier alpha value is -2.87. The van der Waals surface area contributed by atoms with Gasteiger partial charge in [0.25, 0.3) is 0 Å². The number of nitriles is 1. The first-order valence-corrected chi connectivity index (χ1v) is 7.69. The maximum atomic E-state index is 9.46. The summed E-state index contributed by atoms with van der Waals surface area (Å²) in [7, 11) is 0. The van der Waals surface area contributed by atoms with E-state index in [1.165, 1.54) is 0 Å². The fourth-order valence-electron chi connectivity index (χ4n) is 2.98. The van der Waals surface area contributed by atoms with Crippen molar-refractivity contribution in [3.63, 3.8) is 0 Å². The molecule has 1 aliphatic heterocycles. The molecule has 23 heavy (non-hydrogen) atoms. The van der Waals surface area contributed by atoms with Crippen LogP contribution in [0.1, 0.15) is 31.1 Å². The van der Waals surface area contributed by atoms with Gasteiger partial charge in [0.1, 0.15) is 23.2 Å². The summed E-state index contributed by atoms with van der Waals surface area (Å²) in [5, 5.41) is 9.46. The number of ether oxygens (including phenoxy) is 1. The zero-order valence-corrected chi connectivity index (χ0v) is 13.2. The lowest BCUT2D eigenvalue weighted by molar-refractivity contribution is 0.384. The summed E-state index contributed by atoms with van der Waals surface area (Å²) in [5.74, 6) is 1.17. The van der Waals surface area contributed by atoms with Gasteiger partial charge in [0.15, 0.2) is 0 Å². The SMILES string of the molecule is CCN(CC)c1ccc2c(c1)OC(N)=C(C#N)[C@H]2c1ccco1. The number of nitrogens with two attached hydrogens (primary N) is 1. The van der Waals surface area contributed by atoms with Crippen LogP contribution in [0.15, 0.2) is 52.5 Å². The van der Waals surface area contributed by atoms with Crippen molar-refractivity contribution >= 4 is 5.69 Å². The van der Waals surface area contributed by atoms with Crippen LogP contribution in [-0.2, 0) is 0 Å². The van der Waals surface area contributed by atoms with E-state index in [4.69, 9.17) is 14.9 Å². The molecule has 3 rings (SSSR count). The average Bonchev–Trinajstić information content (AvgIpc) is 3.08. The smallest absolute Gasteiger partial charge is 0.205 e. The van der Waals surface area contributed by atoms with Crippen molar-refractivity contribution in [3.05, 3.63) is 59.4 Å². The van der Waals surface area contributed by atoms with E-state index < -0.39 is 0 Å². The summed E-state index contributed by atoms with van der Waals surface area (Å²) >= 11 is 0. The fourth-order valence-corrected chi connectivity index (χ4v) is 2.98. The molecule has 118 valence electrons. The molecule has 0 aliphatic carbocycles. The first-order valence-electron chi connectivity index (χ1n) is 7.69. The molecule has 0 bridgehead atoms. The van der Waals surface area contributed by atoms with E-state index in [9.17, 15) is 5.26 Å². The summed E-state index contributed by atoms with van der Waals surface area (Å²) < 4.78 is 11.2. The number of allylic oxidation sites excluding steroid dienone is 1. The minimum absolute atomic E-state index is 0.137. The molecule has 2 N–H and O–H groups in total. The molecule has 0 amide bonds. The van der Waals surface area contributed by atoms with E-state index in [-0.39, 0.29) is 11.8 Å². The highest BCUT2D eigenvalue weighted by atomic mass is 16.5. The van der Waals surface area contributed by atoms with Crippen LogP contribution in [-0.4, -0.2) is 13.1 Å². The molecule has 1 atom stereocenters. The summed E-state index contributed by atoms with van der Waals surface area (Å²) in [5.41, 5.74) is 8.31. The zero-order valence-electron chi connectivity index (χ0n) is 13.2. The van der Waals surface area contributed by atoms with Crippen molar-refractivity contribution in [1.82, 2.24) is 0 Å². The second kappa shape index (κ2) is 6.09. The van der Waals surface area contributed by atoms with E-state index in [0.29, 0.717) is 17.1 Å². The van der Waals surface area contributed by atoms with Gasteiger partial charge in [-0.3, -0.25) is 0 Å². The molecule has 5 heteroatoms. The van der Waals surface area contributed by atoms with Gasteiger partial charge in [0.05, 0.1) is 12.2 Å². The van der Waals surface area contributed by atoms with Gasteiger partial charge in [0, 0.05) is 30.4 Å². The van der Waals surface area contributed by atoms with E-state index >= 15 is 0 Å². The van der Waals surface area contributed by atoms with Crippen LogP contribution in [0.5, 0.6) is 5.75 Å². The van der Waals surface area contributed by atoms with Gasteiger partial charge in [-0.25, -0.2) is 0 Å². The molecule has 0 fully saturated rings. The minimum Gasteiger partial charge on any atom is -0.468 e. The first kappa shape index (κ1) is 15.0. The highest BCUT2D eigenvalue weighted by Crippen LogP contribution is 2.43. The van der Waals surface area contributed by atoms with Crippen LogP contribution in [0, 0.1) is 11.3 Å². The van der Waals surface area contributed by atoms with Gasteiger partial charge in [0.2, 0.25) is 5.88 Å². The third-order valence-corrected chi connectivity index (χ3v) is 4.16. The lowest BCUT2D eigenvalue weighted by Gasteiger charge is -2.27. The molecule has 0 spiro atoms. The molecule has 1 aromatic carbocycles. The quantitative estimate of drug-likeness (QED) is 0.937. The number of rotatable bonds is 4. The number of anilines is 1. The highest BCUT2D eigenvalue weighted by molar-refractivity contribution is 5.60. The Morgan fingerprint density at radius 2 is 2.04 bits per heavy atom. The Morgan fingerprint density at radius 1 is 1.26 bits per heavy atom. The number of fused-ring (bicyclic) bond motifs is 1. The molecular formula is C18H19N3O2. The molecule has 0 saturated carbocycles. The molecule has 0 saturated heterocycles. The largest absolute Gasteiger partial charge is 0.468 e. The van der Waals surface area contributed by atoms with Crippen molar-refractivity contribution in [2.24, 2.45) is 5.73 Å². The van der Waals surface area contributed by atoms with Crippen molar-refractivity contribution in [2.75, 3.05) is 18.0 Å². The van der Waals surface area contributed by atoms with Crippen molar-refractivity contribution in [1.29, 1.82) is 5.26 Å². The number of hydrogen-bond acceptors (Lipinski definition) is 5. The fraction of sp³-hybridized carbons (Fsp3) is 0.278. The van der Waals surface area contributed by atoms with Gasteiger partial charge in [-0.1, -0.05) is 6.07 Å². The van der Waals surface area contributed by atoms with E-state index in [1.807, 2.05) is 24.3 Å². The second-order valence-electron chi connectivity index (χ2n) is 5.33. The predicted molar refractivity (Wildman–Crippen MR) is 88.0 cm³/mol. The molecule has 1 aliphatic rings. The molecular weight excluding hydrogens is 290 g/mol. The Kier molecular flexibility index (Phi) is 3.98. The monoisotopic (exact) mass is 309 g/mol. The van der Waals surface area contributed by atoms with E-state index in [1.54, 1.807) is 12.3 Å². The first-order chi connectivity index (χ1) is 11.2. The van der Waals surface area contributed by atoms with E-state index in [2.05, 4.69) is 24.8 Å². The van der Waals surface area contributed by atoms with Crippen molar-refractivity contribution in [3.8, 4) is 11.8 Å². The zero-order chi connectivity index (χ0) is 16.4. The Balaban J connectivity index is 2.11. The summed E-state index contributed by atoms with van der Waals surface area (Å²) in [6.45, 7) is 6.03. The second-order valence-corrected chi connectivity index (χ2v) is 5.33. The normalized spacial score (nSPS) is 16.5. The molecule has 0 unspecified atom stereocenters. The van der Waals surface area contributed by atoms with Gasteiger partial charge >= 0.3 is 0 Å². The third kappa shape index (κ3) is 2.53. The van der Waals surface area contributed by atoms with Crippen LogP contribution in [0.4, 0.5) is 5.69 Å². The Morgan fingerprint density at radius 3 is 2.65 bits per heavy atom. The number of benzene rings is 1. The van der Waals surface area contributed by atoms with Gasteiger partial charge in [-0.2, -0.15) is 5.26 Å². The number of furan rings is 1. The third-order valence-electron chi connectivity index (χ3n) is 4.16. The van der Waals surface area contributed by atoms with Gasteiger partial charge in [-0.05, 0) is 32.0 Å². The molecule has 0 radical (unpaired) electrons. The minimum atomic E-state index is -0.329. The standard InChI is InChI=1S/C18H19N3O2/c1-3-21(4-2)12-7-8-13-16(10-12)23-18(20)14(11-19)17(13)15-6-5-9-22-15/h5-10,17H,3-4,20H2,1-2H3/t17-/m0/s1. The van der Waals surface area contributed by atoms with Gasteiger partial charge in [-0.15, -0.1) is 0 Å². The lowest BCUT2D eigenvalue weighted by Crippen LogP contribution is -2.24. The van der Waals surface area contributed by atoms with Crippen molar-refractivity contribution in [2.45, 2.75) is 19.8 Å². The molecule has 2 heterocycles. The van der Waals surface area contributed by atoms with E-state index in [0.717, 1.165) is 24.3 Å². The summed E-state index contributed by atoms with van der Waals surface area (Å²) in [6, 6.07) is 11.8. The highest BCUT2D eigenvalue weighted by Gasteiger charge is 2.32. The summed E-state index contributed by atoms with van der Waals surface area (Å²) in [4.78, 5) is 2.23. The van der Waals surface area contributed by atoms with Crippen molar-refractivity contribution < 1.29 is 9.15 Å². The average molecular weight is 309 g/mol. The number of nitrogens with zero attached hydrogens (tertiary/aromatic N) is 2. The number of hydrogen-bond donors (Lipinski definition) is 1. The maximum Gasteiger partial charge on any atom is 0.205 e. The van der Waals surface area contributed by atoms with Crippen LogP contribution < -0.4 is 15.4 Å². The van der Waals surface area contributed by atoms with Crippen LogP contribution in [0.25, 0.3) is 0 Å². The van der Waals surface area contributed by atoms with Crippen LogP contribution in [0.2, 0.25) is 0 Å². The lowest BCUT2D eigenvalue weighted by atomic mass is 9.87. The summed E-state index contributed by atoms with van der Waals surface area (Å²) in [6.07, 6.45) is 1.60. The van der Waals surface area contributed by atoms with Gasteiger partial charge < -0.3 is 19.8 Å².